The van der Waals surface area contributed by atoms with Gasteiger partial charge in [-0.15, -0.1) is 0 Å². The molecule has 3 rings (SSSR count). The van der Waals surface area contributed by atoms with Crippen molar-refractivity contribution < 1.29 is 0 Å². The van der Waals surface area contributed by atoms with E-state index in [-0.39, 0.29) is 0 Å². The summed E-state index contributed by atoms with van der Waals surface area (Å²) in [4.78, 5) is 13.7. The summed E-state index contributed by atoms with van der Waals surface area (Å²) in [5.74, 6) is 2.76. The first-order chi connectivity index (χ1) is 12.2. The van der Waals surface area contributed by atoms with Gasteiger partial charge in [-0.1, -0.05) is 6.07 Å². The smallest absolute Gasteiger partial charge is 0.191 e. The maximum absolute atomic E-state index is 4.46. The number of nitrogens with one attached hydrogen (secondary N) is 2. The number of likely N-dealkylation sites (tertiary alicyclic amines) is 1. The molecule has 6 heteroatoms. The van der Waals surface area contributed by atoms with E-state index in [9.17, 15) is 0 Å². The van der Waals surface area contributed by atoms with Crippen molar-refractivity contribution >= 4 is 11.8 Å². The van der Waals surface area contributed by atoms with Crippen LogP contribution in [0.2, 0.25) is 0 Å². The standard InChI is InChI=1S/C19H32N6/c1-20-19(22-14-16-6-5-11-24(2)15-16)23-17-8-12-25(13-9-17)18-7-3-4-10-21-18/h3-4,7,10,16-17H,5-6,8-9,11-15H2,1-2H3,(H2,20,22,23). The van der Waals surface area contributed by atoms with Gasteiger partial charge in [0.2, 0.25) is 0 Å². The van der Waals surface area contributed by atoms with Gasteiger partial charge in [0.05, 0.1) is 0 Å². The number of aromatic nitrogens is 1. The lowest BCUT2D eigenvalue weighted by atomic mass is 9.98. The van der Waals surface area contributed by atoms with E-state index < -0.39 is 0 Å². The molecule has 1 unspecified atom stereocenters. The van der Waals surface area contributed by atoms with Crippen molar-refractivity contribution in [3.05, 3.63) is 24.4 Å². The van der Waals surface area contributed by atoms with E-state index >= 15 is 0 Å². The van der Waals surface area contributed by atoms with Gasteiger partial charge in [-0.05, 0) is 57.3 Å². The van der Waals surface area contributed by atoms with Crippen molar-refractivity contribution in [3.63, 3.8) is 0 Å². The molecule has 2 fully saturated rings. The molecule has 1 aromatic heterocycles. The van der Waals surface area contributed by atoms with Gasteiger partial charge in [0, 0.05) is 45.5 Å². The molecular formula is C19H32N6. The van der Waals surface area contributed by atoms with Gasteiger partial charge in [0.1, 0.15) is 5.82 Å². The number of rotatable bonds is 4. The van der Waals surface area contributed by atoms with Crippen LogP contribution in [-0.4, -0.2) is 68.7 Å². The second-order valence-corrected chi connectivity index (χ2v) is 7.32. The van der Waals surface area contributed by atoms with Crippen LogP contribution in [0.5, 0.6) is 0 Å². The predicted molar refractivity (Wildman–Crippen MR) is 104 cm³/mol. The van der Waals surface area contributed by atoms with Crippen molar-refractivity contribution in [2.24, 2.45) is 10.9 Å². The Labute approximate surface area is 151 Å². The Hall–Kier alpha value is -1.82. The third-order valence-corrected chi connectivity index (χ3v) is 5.31. The molecule has 6 nitrogen and oxygen atoms in total. The molecule has 1 atom stereocenters. The number of nitrogens with zero attached hydrogens (tertiary/aromatic N) is 4. The molecule has 138 valence electrons. The van der Waals surface area contributed by atoms with Crippen LogP contribution >= 0.6 is 0 Å². The molecule has 2 N–H and O–H groups in total. The van der Waals surface area contributed by atoms with Crippen LogP contribution in [0, 0.1) is 5.92 Å². The summed E-state index contributed by atoms with van der Waals surface area (Å²) in [6.45, 7) is 5.51. The van der Waals surface area contributed by atoms with Gasteiger partial charge in [-0.25, -0.2) is 4.98 Å². The first-order valence-corrected chi connectivity index (χ1v) is 9.56. The normalized spacial score (nSPS) is 23.5. The monoisotopic (exact) mass is 344 g/mol. The van der Waals surface area contributed by atoms with Crippen molar-refractivity contribution in [1.82, 2.24) is 20.5 Å². The van der Waals surface area contributed by atoms with Gasteiger partial charge in [0.25, 0.3) is 0 Å². The number of pyridine rings is 1. The molecule has 0 amide bonds. The van der Waals surface area contributed by atoms with Gasteiger partial charge in [0.15, 0.2) is 5.96 Å². The highest BCUT2D eigenvalue weighted by Crippen LogP contribution is 2.17. The lowest BCUT2D eigenvalue weighted by Crippen LogP contribution is -2.50. The van der Waals surface area contributed by atoms with Crippen molar-refractivity contribution in [3.8, 4) is 0 Å². The van der Waals surface area contributed by atoms with Crippen LogP contribution in [0.4, 0.5) is 5.82 Å². The number of hydrogen-bond acceptors (Lipinski definition) is 4. The summed E-state index contributed by atoms with van der Waals surface area (Å²) < 4.78 is 0. The third kappa shape index (κ3) is 5.33. The highest BCUT2D eigenvalue weighted by Gasteiger charge is 2.21. The zero-order valence-corrected chi connectivity index (χ0v) is 15.6. The Morgan fingerprint density at radius 2 is 2.08 bits per heavy atom. The molecule has 0 aliphatic carbocycles. The number of hydrogen-bond donors (Lipinski definition) is 2. The zero-order chi connectivity index (χ0) is 17.5. The predicted octanol–water partition coefficient (Wildman–Crippen LogP) is 1.56. The second-order valence-electron chi connectivity index (χ2n) is 7.32. The summed E-state index contributed by atoms with van der Waals surface area (Å²) in [6, 6.07) is 6.61. The quantitative estimate of drug-likeness (QED) is 0.641. The molecule has 0 spiro atoms. The fourth-order valence-corrected chi connectivity index (χ4v) is 3.86. The minimum atomic E-state index is 0.486. The molecule has 0 aromatic carbocycles. The SMILES string of the molecule is CN=C(NCC1CCCN(C)C1)NC1CCN(c2ccccn2)CC1. The Bertz CT molecular complexity index is 538. The fraction of sp³-hybridized carbons (Fsp3) is 0.684. The van der Waals surface area contributed by atoms with Crippen LogP contribution in [-0.2, 0) is 0 Å². The molecule has 2 aliphatic rings. The third-order valence-electron chi connectivity index (χ3n) is 5.31. The van der Waals surface area contributed by atoms with Gasteiger partial charge >= 0.3 is 0 Å². The number of piperidine rings is 2. The van der Waals surface area contributed by atoms with Crippen LogP contribution in [0.25, 0.3) is 0 Å². The van der Waals surface area contributed by atoms with Crippen LogP contribution < -0.4 is 15.5 Å². The van der Waals surface area contributed by atoms with Crippen LogP contribution in [0.15, 0.2) is 29.4 Å². The number of anilines is 1. The summed E-state index contributed by atoms with van der Waals surface area (Å²) in [5.41, 5.74) is 0. The molecular weight excluding hydrogens is 312 g/mol. The minimum absolute atomic E-state index is 0.486. The van der Waals surface area contributed by atoms with Crippen molar-refractivity contribution in [1.29, 1.82) is 0 Å². The van der Waals surface area contributed by atoms with Gasteiger partial charge < -0.3 is 20.4 Å². The largest absolute Gasteiger partial charge is 0.356 e. The molecule has 2 aliphatic heterocycles. The second kappa shape index (κ2) is 9.04. The van der Waals surface area contributed by atoms with E-state index in [0.717, 1.165) is 50.2 Å². The van der Waals surface area contributed by atoms with E-state index in [1.165, 1.54) is 25.9 Å². The minimum Gasteiger partial charge on any atom is -0.356 e. The Kier molecular flexibility index (Phi) is 6.50. The Balaban J connectivity index is 1.41. The molecule has 25 heavy (non-hydrogen) atoms. The van der Waals surface area contributed by atoms with Gasteiger partial charge in [-0.2, -0.15) is 0 Å². The van der Waals surface area contributed by atoms with E-state index in [0.29, 0.717) is 6.04 Å². The average molecular weight is 345 g/mol. The van der Waals surface area contributed by atoms with Crippen LogP contribution in [0.3, 0.4) is 0 Å². The highest BCUT2D eigenvalue weighted by molar-refractivity contribution is 5.80. The molecule has 0 radical (unpaired) electrons. The molecule has 2 saturated heterocycles. The summed E-state index contributed by atoms with van der Waals surface area (Å²) in [6.07, 6.45) is 6.72. The topological polar surface area (TPSA) is 55.8 Å². The lowest BCUT2D eigenvalue weighted by Gasteiger charge is -2.34. The maximum atomic E-state index is 4.46. The number of aliphatic imine (C=N–C) groups is 1. The van der Waals surface area contributed by atoms with Crippen molar-refractivity contribution in [2.45, 2.75) is 31.7 Å². The molecule has 0 saturated carbocycles. The maximum Gasteiger partial charge on any atom is 0.191 e. The Morgan fingerprint density at radius 3 is 2.76 bits per heavy atom. The van der Waals surface area contributed by atoms with Gasteiger partial charge in [-0.3, -0.25) is 4.99 Å². The number of guanidine groups is 1. The summed E-state index contributed by atoms with van der Waals surface area (Å²) >= 11 is 0. The summed E-state index contributed by atoms with van der Waals surface area (Å²) in [7, 11) is 4.08. The van der Waals surface area contributed by atoms with E-state index in [4.69, 9.17) is 0 Å². The molecule has 0 bridgehead atoms. The highest BCUT2D eigenvalue weighted by atomic mass is 15.2. The first kappa shape index (κ1) is 18.0. The van der Waals surface area contributed by atoms with E-state index in [2.05, 4.69) is 49.6 Å². The lowest BCUT2D eigenvalue weighted by molar-refractivity contribution is 0.210. The Morgan fingerprint density at radius 1 is 1.24 bits per heavy atom. The van der Waals surface area contributed by atoms with E-state index in [1.807, 2.05) is 19.3 Å². The zero-order valence-electron chi connectivity index (χ0n) is 15.6. The first-order valence-electron chi connectivity index (χ1n) is 9.56. The molecule has 1 aromatic rings. The van der Waals surface area contributed by atoms with E-state index in [1.54, 1.807) is 0 Å². The summed E-state index contributed by atoms with van der Waals surface area (Å²) in [5, 5.41) is 7.14. The average Bonchev–Trinajstić information content (AvgIpc) is 2.66. The van der Waals surface area contributed by atoms with Crippen LogP contribution in [0.1, 0.15) is 25.7 Å². The molecule has 3 heterocycles. The fourth-order valence-electron chi connectivity index (χ4n) is 3.86. The van der Waals surface area contributed by atoms with Crippen molar-refractivity contribution in [2.75, 3.05) is 51.7 Å².